The predicted molar refractivity (Wildman–Crippen MR) is 109 cm³/mol. The Bertz CT molecular complexity index is 920. The van der Waals surface area contributed by atoms with E-state index in [0.717, 1.165) is 10.0 Å². The summed E-state index contributed by atoms with van der Waals surface area (Å²) in [7, 11) is -1.16. The van der Waals surface area contributed by atoms with E-state index >= 15 is 0 Å². The Morgan fingerprint density at radius 3 is 2.18 bits per heavy atom. The minimum atomic E-state index is -3.98. The first-order chi connectivity index (χ1) is 13.3. The number of methoxy groups -OCH3 is 2. The molecule has 0 aliphatic rings. The molecule has 2 aromatic carbocycles. The first-order valence-corrected chi connectivity index (χ1v) is 10.6. The number of carbonyl (C=O) groups is 1. The van der Waals surface area contributed by atoms with Crippen LogP contribution in [0.15, 0.2) is 70.1 Å². The lowest BCUT2D eigenvalue weighted by Crippen LogP contribution is -2.22. The molecule has 0 fully saturated rings. The second-order valence-corrected chi connectivity index (χ2v) is 8.38. The Labute approximate surface area is 173 Å². The van der Waals surface area contributed by atoms with Crippen molar-refractivity contribution < 1.29 is 26.9 Å². The lowest BCUT2D eigenvalue weighted by atomic mass is 9.93. The van der Waals surface area contributed by atoms with Gasteiger partial charge in [0.2, 0.25) is 0 Å². The molecule has 0 bridgehead atoms. The highest BCUT2D eigenvalue weighted by molar-refractivity contribution is 9.10. The summed E-state index contributed by atoms with van der Waals surface area (Å²) in [5, 5.41) is 0. The summed E-state index contributed by atoms with van der Waals surface area (Å²) >= 11 is 3.27. The number of hydrogen-bond acceptors (Lipinski definition) is 6. The number of halogens is 1. The molecule has 28 heavy (non-hydrogen) atoms. The van der Waals surface area contributed by atoms with Crippen molar-refractivity contribution in [2.45, 2.75) is 23.8 Å². The molecule has 8 heteroatoms. The summed E-state index contributed by atoms with van der Waals surface area (Å²) in [5.74, 6) is -0.382. The zero-order chi connectivity index (χ0) is 20.7. The predicted octanol–water partition coefficient (Wildman–Crippen LogP) is 4.06. The molecule has 6 nitrogen and oxygen atoms in total. The average molecular weight is 469 g/mol. The van der Waals surface area contributed by atoms with Crippen molar-refractivity contribution in [2.24, 2.45) is 0 Å². The van der Waals surface area contributed by atoms with Crippen LogP contribution >= 0.6 is 15.9 Å². The number of ether oxygens (including phenoxy) is 2. The van der Waals surface area contributed by atoms with Crippen molar-refractivity contribution in [3.05, 3.63) is 70.7 Å². The topological polar surface area (TPSA) is 78.9 Å². The van der Waals surface area contributed by atoms with Crippen molar-refractivity contribution in [2.75, 3.05) is 14.2 Å². The molecule has 0 aliphatic heterocycles. The molecular weight excluding hydrogens is 448 g/mol. The quantitative estimate of drug-likeness (QED) is 0.330. The molecule has 0 heterocycles. The molecule has 2 aromatic rings. The van der Waals surface area contributed by atoms with Gasteiger partial charge in [-0.25, -0.2) is 4.79 Å². The third kappa shape index (κ3) is 5.92. The average Bonchev–Trinajstić information content (AvgIpc) is 2.68. The van der Waals surface area contributed by atoms with Gasteiger partial charge < -0.3 is 9.47 Å². The zero-order valence-electron chi connectivity index (χ0n) is 15.7. The Hall–Kier alpha value is -2.16. The zero-order valence-corrected chi connectivity index (χ0v) is 18.1. The first kappa shape index (κ1) is 22.1. The van der Waals surface area contributed by atoms with Crippen molar-refractivity contribution in [1.82, 2.24) is 0 Å². The molecule has 2 rings (SSSR count). The number of benzene rings is 2. The van der Waals surface area contributed by atoms with Gasteiger partial charge in [0.1, 0.15) is 5.75 Å². The van der Waals surface area contributed by atoms with Crippen LogP contribution in [0.5, 0.6) is 5.75 Å². The molecule has 0 aliphatic carbocycles. The fourth-order valence-corrected chi connectivity index (χ4v) is 3.90. The van der Waals surface area contributed by atoms with Crippen LogP contribution in [0.4, 0.5) is 0 Å². The summed E-state index contributed by atoms with van der Waals surface area (Å²) in [4.78, 5) is 11.6. The number of hydrogen-bond donors (Lipinski definition) is 0. The van der Waals surface area contributed by atoms with E-state index in [4.69, 9.17) is 8.92 Å². The Balaban J connectivity index is 2.31. The number of esters is 1. The van der Waals surface area contributed by atoms with Crippen LogP contribution in [-0.4, -0.2) is 34.7 Å². The Morgan fingerprint density at radius 1 is 1.04 bits per heavy atom. The highest BCUT2D eigenvalue weighted by Crippen LogP contribution is 2.28. The third-order valence-electron chi connectivity index (χ3n) is 4.03. The van der Waals surface area contributed by atoms with Gasteiger partial charge in [-0.1, -0.05) is 34.1 Å². The molecule has 0 saturated carbocycles. The maximum Gasteiger partial charge on any atom is 0.330 e. The smallest absolute Gasteiger partial charge is 0.330 e. The molecule has 0 aromatic heterocycles. The SMILES string of the molecule is COC(=O)/C=C/[C@H](c1ccc(OC)cc1)[C@@H](C)OS(=O)(=O)c1ccc(Br)cc1. The van der Waals surface area contributed by atoms with Gasteiger partial charge in [0.25, 0.3) is 10.1 Å². The molecule has 0 spiro atoms. The van der Waals surface area contributed by atoms with E-state index in [1.165, 1.54) is 25.3 Å². The summed E-state index contributed by atoms with van der Waals surface area (Å²) in [6, 6.07) is 13.2. The van der Waals surface area contributed by atoms with Crippen LogP contribution in [0.2, 0.25) is 0 Å². The highest BCUT2D eigenvalue weighted by Gasteiger charge is 2.25. The summed E-state index contributed by atoms with van der Waals surface area (Å²) < 4.78 is 41.2. The first-order valence-electron chi connectivity index (χ1n) is 8.36. The van der Waals surface area contributed by atoms with Crippen LogP contribution in [0.3, 0.4) is 0 Å². The van der Waals surface area contributed by atoms with Gasteiger partial charge in [-0.2, -0.15) is 8.42 Å². The lowest BCUT2D eigenvalue weighted by Gasteiger charge is -2.22. The maximum atomic E-state index is 12.6. The highest BCUT2D eigenvalue weighted by atomic mass is 79.9. The molecule has 150 valence electrons. The van der Waals surface area contributed by atoms with E-state index in [0.29, 0.717) is 5.75 Å². The van der Waals surface area contributed by atoms with Crippen LogP contribution < -0.4 is 4.74 Å². The third-order valence-corrected chi connectivity index (χ3v) is 5.96. The van der Waals surface area contributed by atoms with Gasteiger partial charge >= 0.3 is 5.97 Å². The van der Waals surface area contributed by atoms with Crippen molar-refractivity contribution in [1.29, 1.82) is 0 Å². The van der Waals surface area contributed by atoms with E-state index in [1.807, 2.05) is 0 Å². The molecule has 0 amide bonds. The minimum absolute atomic E-state index is 0.0491. The fourth-order valence-electron chi connectivity index (χ4n) is 2.53. The van der Waals surface area contributed by atoms with E-state index < -0.39 is 28.1 Å². The van der Waals surface area contributed by atoms with Crippen LogP contribution in [-0.2, 0) is 23.8 Å². The van der Waals surface area contributed by atoms with E-state index in [2.05, 4.69) is 20.7 Å². The monoisotopic (exact) mass is 468 g/mol. The summed E-state index contributed by atoms with van der Waals surface area (Å²) in [6.07, 6.45) is 2.04. The van der Waals surface area contributed by atoms with E-state index in [-0.39, 0.29) is 4.90 Å². The number of carbonyl (C=O) groups excluding carboxylic acids is 1. The Morgan fingerprint density at radius 2 is 1.64 bits per heavy atom. The lowest BCUT2D eigenvalue weighted by molar-refractivity contribution is -0.134. The fraction of sp³-hybridized carbons (Fsp3) is 0.250. The number of rotatable bonds is 8. The molecule has 0 unspecified atom stereocenters. The van der Waals surface area contributed by atoms with E-state index in [1.54, 1.807) is 56.5 Å². The largest absolute Gasteiger partial charge is 0.497 e. The van der Waals surface area contributed by atoms with Gasteiger partial charge in [0, 0.05) is 16.5 Å². The van der Waals surface area contributed by atoms with Gasteiger partial charge in [0.15, 0.2) is 0 Å². The molecule has 0 radical (unpaired) electrons. The summed E-state index contributed by atoms with van der Waals surface area (Å²) in [5.41, 5.74) is 0.763. The molecule has 0 saturated heterocycles. The van der Waals surface area contributed by atoms with Gasteiger partial charge in [-0.15, -0.1) is 0 Å². The summed E-state index contributed by atoms with van der Waals surface area (Å²) in [6.45, 7) is 1.63. The van der Waals surface area contributed by atoms with Gasteiger partial charge in [-0.3, -0.25) is 4.18 Å². The van der Waals surface area contributed by atoms with Gasteiger partial charge in [0.05, 0.1) is 25.2 Å². The van der Waals surface area contributed by atoms with Crippen LogP contribution in [0.1, 0.15) is 18.4 Å². The van der Waals surface area contributed by atoms with Crippen molar-refractivity contribution in [3.63, 3.8) is 0 Å². The molecular formula is C20H21BrO6S. The minimum Gasteiger partial charge on any atom is -0.497 e. The van der Waals surface area contributed by atoms with Gasteiger partial charge in [-0.05, 0) is 48.9 Å². The van der Waals surface area contributed by atoms with Crippen molar-refractivity contribution in [3.8, 4) is 5.75 Å². The standard InChI is InChI=1S/C20H21BrO6S/c1-14(27-28(23,24)18-10-6-16(21)7-11-18)19(12-13-20(22)26-3)15-4-8-17(25-2)9-5-15/h4-14,19H,1-3H3/b13-12+/t14-,19+/m1/s1. The molecule has 0 N–H and O–H groups in total. The normalized spacial score (nSPS) is 13.9. The van der Waals surface area contributed by atoms with Crippen LogP contribution in [0.25, 0.3) is 0 Å². The second-order valence-electron chi connectivity index (χ2n) is 5.89. The Kier molecular flexibility index (Phi) is 7.79. The van der Waals surface area contributed by atoms with Crippen LogP contribution in [0, 0.1) is 0 Å². The van der Waals surface area contributed by atoms with Crippen molar-refractivity contribution >= 4 is 32.0 Å². The maximum absolute atomic E-state index is 12.6. The molecule has 2 atom stereocenters. The van der Waals surface area contributed by atoms with E-state index in [9.17, 15) is 13.2 Å². The second kappa shape index (κ2) is 9.86.